The molecule has 3 aromatic heterocycles. The molecule has 1 saturated heterocycles. The fraction of sp³-hybridized carbons (Fsp3) is 0.261. The number of carbonyl (C=O) groups excluding carboxylic acids is 1. The van der Waals surface area contributed by atoms with Crippen LogP contribution in [-0.4, -0.2) is 51.1 Å². The number of benzene rings is 1. The Morgan fingerprint density at radius 3 is 2.63 bits per heavy atom. The van der Waals surface area contributed by atoms with Crippen LogP contribution in [0.2, 0.25) is 0 Å². The second-order valence-electron chi connectivity index (χ2n) is 7.59. The van der Waals surface area contributed by atoms with Crippen molar-refractivity contribution >= 4 is 22.6 Å². The molecule has 7 nitrogen and oxygen atoms in total. The maximum Gasteiger partial charge on any atom is 0.270 e. The highest BCUT2D eigenvalue weighted by Gasteiger charge is 2.25. The van der Waals surface area contributed by atoms with Crippen LogP contribution in [0.25, 0.3) is 16.7 Å². The molecule has 0 spiro atoms. The summed E-state index contributed by atoms with van der Waals surface area (Å²) in [7, 11) is 0. The van der Waals surface area contributed by atoms with Crippen molar-refractivity contribution < 1.29 is 9.53 Å². The van der Waals surface area contributed by atoms with Gasteiger partial charge in [0, 0.05) is 25.8 Å². The first-order valence-electron chi connectivity index (χ1n) is 10.0. The summed E-state index contributed by atoms with van der Waals surface area (Å²) >= 11 is 0. The molecule has 4 aromatic rings. The monoisotopic (exact) mass is 402 g/mol. The van der Waals surface area contributed by atoms with E-state index in [-0.39, 0.29) is 11.5 Å². The lowest BCUT2D eigenvalue weighted by molar-refractivity contribution is 0.0296. The number of aryl methyl sites for hydroxylation is 1. The standard InChI is InChI=1S/C23H22N4O3/c1-16-7-8-20-24-21-18(22(28)27(20)14-16)13-19(23(29)25-9-11-30-12-10-25)26(21)15-17-5-3-2-4-6-17/h2-8,13-14H,9-12,15H2,1H3. The Kier molecular flexibility index (Phi) is 4.59. The molecule has 0 atom stereocenters. The van der Waals surface area contributed by atoms with Gasteiger partial charge in [-0.3, -0.25) is 14.0 Å². The number of morpholine rings is 1. The molecule has 0 unspecified atom stereocenters. The topological polar surface area (TPSA) is 68.8 Å². The summed E-state index contributed by atoms with van der Waals surface area (Å²) in [6, 6.07) is 15.4. The number of pyridine rings is 1. The van der Waals surface area contributed by atoms with Gasteiger partial charge in [-0.05, 0) is 30.2 Å². The molecule has 0 bridgehead atoms. The molecular weight excluding hydrogens is 380 g/mol. The van der Waals surface area contributed by atoms with E-state index in [0.29, 0.717) is 55.2 Å². The van der Waals surface area contributed by atoms with Gasteiger partial charge in [0.25, 0.3) is 11.5 Å². The van der Waals surface area contributed by atoms with Gasteiger partial charge in [-0.15, -0.1) is 0 Å². The van der Waals surface area contributed by atoms with Crippen LogP contribution in [0.15, 0.2) is 59.5 Å². The first kappa shape index (κ1) is 18.6. The normalized spacial score (nSPS) is 14.5. The number of hydrogen-bond donors (Lipinski definition) is 0. The number of nitrogens with zero attached hydrogens (tertiary/aromatic N) is 4. The summed E-state index contributed by atoms with van der Waals surface area (Å²) in [5, 5.41) is 0.450. The van der Waals surface area contributed by atoms with Crippen LogP contribution in [0.4, 0.5) is 0 Å². The molecule has 30 heavy (non-hydrogen) atoms. The van der Waals surface area contributed by atoms with Gasteiger partial charge in [0.05, 0.1) is 18.6 Å². The summed E-state index contributed by atoms with van der Waals surface area (Å²) < 4.78 is 8.80. The molecule has 1 aromatic carbocycles. The number of rotatable bonds is 3. The Labute approximate surface area is 173 Å². The number of hydrogen-bond acceptors (Lipinski definition) is 4. The number of amides is 1. The highest BCUT2D eigenvalue weighted by molar-refractivity contribution is 5.98. The largest absolute Gasteiger partial charge is 0.378 e. The lowest BCUT2D eigenvalue weighted by Crippen LogP contribution is -2.41. The third-order valence-electron chi connectivity index (χ3n) is 5.51. The third kappa shape index (κ3) is 3.17. The van der Waals surface area contributed by atoms with Crippen LogP contribution >= 0.6 is 0 Å². The van der Waals surface area contributed by atoms with Crippen molar-refractivity contribution in [2.24, 2.45) is 0 Å². The fourth-order valence-corrected chi connectivity index (χ4v) is 3.94. The number of fused-ring (bicyclic) bond motifs is 2. The van der Waals surface area contributed by atoms with Gasteiger partial charge >= 0.3 is 0 Å². The van der Waals surface area contributed by atoms with E-state index in [2.05, 4.69) is 0 Å². The highest BCUT2D eigenvalue weighted by Crippen LogP contribution is 2.21. The minimum Gasteiger partial charge on any atom is -0.378 e. The van der Waals surface area contributed by atoms with E-state index in [4.69, 9.17) is 9.72 Å². The van der Waals surface area contributed by atoms with E-state index in [0.717, 1.165) is 11.1 Å². The van der Waals surface area contributed by atoms with Crippen LogP contribution in [0.3, 0.4) is 0 Å². The van der Waals surface area contributed by atoms with Gasteiger partial charge in [0.1, 0.15) is 17.0 Å². The number of aromatic nitrogens is 3. The molecule has 1 aliphatic heterocycles. The predicted octanol–water partition coefficient (Wildman–Crippen LogP) is 2.48. The van der Waals surface area contributed by atoms with Crippen LogP contribution in [0, 0.1) is 6.92 Å². The summed E-state index contributed by atoms with van der Waals surface area (Å²) in [6.45, 7) is 4.52. The molecule has 1 fully saturated rings. The van der Waals surface area contributed by atoms with Gasteiger partial charge in [-0.1, -0.05) is 36.4 Å². The van der Waals surface area contributed by atoms with Crippen molar-refractivity contribution in [1.29, 1.82) is 0 Å². The quantitative estimate of drug-likeness (QED) is 0.528. The van der Waals surface area contributed by atoms with Crippen molar-refractivity contribution in [2.45, 2.75) is 13.5 Å². The Morgan fingerprint density at radius 2 is 1.87 bits per heavy atom. The van der Waals surface area contributed by atoms with E-state index >= 15 is 0 Å². The molecule has 152 valence electrons. The van der Waals surface area contributed by atoms with Crippen LogP contribution in [0.1, 0.15) is 21.6 Å². The lowest BCUT2D eigenvalue weighted by Gasteiger charge is -2.27. The van der Waals surface area contributed by atoms with E-state index in [1.165, 1.54) is 0 Å². The van der Waals surface area contributed by atoms with Gasteiger partial charge in [-0.2, -0.15) is 0 Å². The van der Waals surface area contributed by atoms with E-state index in [9.17, 15) is 9.59 Å². The minimum atomic E-state index is -0.165. The summed E-state index contributed by atoms with van der Waals surface area (Å²) in [5.74, 6) is -0.100. The Balaban J connectivity index is 1.73. The molecule has 0 radical (unpaired) electrons. The zero-order valence-corrected chi connectivity index (χ0v) is 16.7. The van der Waals surface area contributed by atoms with Crippen molar-refractivity contribution in [3.8, 4) is 0 Å². The molecule has 1 amide bonds. The Morgan fingerprint density at radius 1 is 1.10 bits per heavy atom. The predicted molar refractivity (Wildman–Crippen MR) is 114 cm³/mol. The number of carbonyl (C=O) groups is 1. The molecule has 5 rings (SSSR count). The van der Waals surface area contributed by atoms with E-state index in [1.54, 1.807) is 21.6 Å². The van der Waals surface area contributed by atoms with Crippen LogP contribution < -0.4 is 5.56 Å². The molecule has 0 N–H and O–H groups in total. The second-order valence-corrected chi connectivity index (χ2v) is 7.59. The lowest BCUT2D eigenvalue weighted by atomic mass is 10.2. The molecular formula is C23H22N4O3. The maximum atomic E-state index is 13.4. The zero-order chi connectivity index (χ0) is 20.7. The van der Waals surface area contributed by atoms with E-state index in [1.807, 2.05) is 54.0 Å². The minimum absolute atomic E-state index is 0.100. The summed E-state index contributed by atoms with van der Waals surface area (Å²) in [4.78, 5) is 33.1. The van der Waals surface area contributed by atoms with Gasteiger partial charge < -0.3 is 14.2 Å². The van der Waals surface area contributed by atoms with Crippen molar-refractivity contribution in [1.82, 2.24) is 18.9 Å². The first-order valence-corrected chi connectivity index (χ1v) is 10.0. The van der Waals surface area contributed by atoms with Gasteiger partial charge in [0.15, 0.2) is 0 Å². The van der Waals surface area contributed by atoms with Crippen molar-refractivity contribution in [3.05, 3.63) is 81.9 Å². The summed E-state index contributed by atoms with van der Waals surface area (Å²) in [5.41, 5.74) is 3.42. The molecule has 7 heteroatoms. The molecule has 0 saturated carbocycles. The Hall–Kier alpha value is -3.45. The highest BCUT2D eigenvalue weighted by atomic mass is 16.5. The first-order chi connectivity index (χ1) is 14.6. The smallest absolute Gasteiger partial charge is 0.270 e. The zero-order valence-electron chi connectivity index (χ0n) is 16.7. The molecule has 0 aliphatic carbocycles. The SMILES string of the molecule is Cc1ccc2nc3c(cc(C(=O)N4CCOCC4)n3Cc3ccccc3)c(=O)n2c1. The Bertz CT molecular complexity index is 1300. The van der Waals surface area contributed by atoms with Crippen molar-refractivity contribution in [3.63, 3.8) is 0 Å². The molecule has 4 heterocycles. The van der Waals surface area contributed by atoms with Crippen molar-refractivity contribution in [2.75, 3.05) is 26.3 Å². The van der Waals surface area contributed by atoms with Crippen LogP contribution in [-0.2, 0) is 11.3 Å². The van der Waals surface area contributed by atoms with Crippen LogP contribution in [0.5, 0.6) is 0 Å². The number of ether oxygens (including phenoxy) is 1. The maximum absolute atomic E-state index is 13.4. The summed E-state index contributed by atoms with van der Waals surface area (Å²) in [6.07, 6.45) is 1.78. The fourth-order valence-electron chi connectivity index (χ4n) is 3.94. The van der Waals surface area contributed by atoms with Gasteiger partial charge in [-0.25, -0.2) is 4.98 Å². The average Bonchev–Trinajstić information content (AvgIpc) is 3.13. The van der Waals surface area contributed by atoms with E-state index < -0.39 is 0 Å². The average molecular weight is 402 g/mol. The third-order valence-corrected chi connectivity index (χ3v) is 5.51. The van der Waals surface area contributed by atoms with Gasteiger partial charge in [0.2, 0.25) is 0 Å². The second kappa shape index (κ2) is 7.42. The molecule has 1 aliphatic rings.